The lowest BCUT2D eigenvalue weighted by Gasteiger charge is -2.20. The average Bonchev–Trinajstić information content (AvgIpc) is 2.85. The van der Waals surface area contributed by atoms with Gasteiger partial charge in [-0.1, -0.05) is 95.5 Å². The predicted molar refractivity (Wildman–Crippen MR) is 153 cm³/mol. The fourth-order valence-corrected chi connectivity index (χ4v) is 5.73. The van der Waals surface area contributed by atoms with Gasteiger partial charge in [0.25, 0.3) is 0 Å². The summed E-state index contributed by atoms with van der Waals surface area (Å²) in [6.45, 7) is 10.2. The molecule has 0 bridgehead atoms. The first kappa shape index (κ1) is 29.9. The van der Waals surface area contributed by atoms with Crippen molar-refractivity contribution in [3.05, 3.63) is 52.0 Å². The highest BCUT2D eigenvalue weighted by Gasteiger charge is 2.19. The average molecular weight is 540 g/mol. The Labute approximate surface area is 224 Å². The van der Waals surface area contributed by atoms with Gasteiger partial charge >= 0.3 is 0 Å². The summed E-state index contributed by atoms with van der Waals surface area (Å²) in [6.07, 6.45) is 9.28. The number of benzene rings is 2. The minimum absolute atomic E-state index is 0.0947. The molecule has 0 aliphatic rings. The minimum atomic E-state index is -0.142. The number of unbranched alkanes of at least 4 members (excludes halogenated alkanes) is 2. The van der Waals surface area contributed by atoms with Crippen molar-refractivity contribution >= 4 is 42.6 Å². The SMILES string of the molecule is CCCCC(CC)COc1ccc(PC(=O)c2c(Cl)cccc2Cl)c(OCC(CC)CCCC)c1. The van der Waals surface area contributed by atoms with E-state index in [2.05, 4.69) is 27.7 Å². The van der Waals surface area contributed by atoms with Crippen molar-refractivity contribution in [3.8, 4) is 11.5 Å². The molecule has 3 unspecified atom stereocenters. The van der Waals surface area contributed by atoms with Crippen LogP contribution in [0.5, 0.6) is 11.5 Å². The van der Waals surface area contributed by atoms with Crippen molar-refractivity contribution in [2.45, 2.75) is 79.1 Å². The topological polar surface area (TPSA) is 35.5 Å². The normalized spacial score (nSPS) is 13.2. The number of rotatable bonds is 17. The number of hydrogen-bond donors (Lipinski definition) is 0. The van der Waals surface area contributed by atoms with Crippen LogP contribution >= 0.6 is 31.8 Å². The van der Waals surface area contributed by atoms with E-state index in [1.807, 2.05) is 18.2 Å². The predicted octanol–water partition coefficient (Wildman–Crippen LogP) is 9.33. The first-order valence-electron chi connectivity index (χ1n) is 13.1. The van der Waals surface area contributed by atoms with Crippen molar-refractivity contribution in [3.63, 3.8) is 0 Å². The monoisotopic (exact) mass is 538 g/mol. The number of halogens is 2. The molecule has 3 nitrogen and oxygen atoms in total. The standard InChI is InChI=1S/C29H41Cl2O3P/c1-5-9-12-21(7-3)19-33-23-16-17-27(26(18-23)34-20-22(8-4)13-10-6-2)35-29(32)28-24(30)14-11-15-25(28)31/h11,14-18,21-22,35H,5-10,12-13,19-20H2,1-4H3. The fourth-order valence-electron chi connectivity index (χ4n) is 3.93. The van der Waals surface area contributed by atoms with Gasteiger partial charge in [-0.25, -0.2) is 0 Å². The maximum absolute atomic E-state index is 13.1. The summed E-state index contributed by atoms with van der Waals surface area (Å²) < 4.78 is 12.5. The second-order valence-electron chi connectivity index (χ2n) is 9.16. The number of carbonyl (C=O) groups is 1. The van der Waals surface area contributed by atoms with E-state index in [0.717, 1.165) is 30.3 Å². The first-order valence-corrected chi connectivity index (χ1v) is 14.8. The largest absolute Gasteiger partial charge is 0.493 e. The quantitative estimate of drug-likeness (QED) is 0.188. The zero-order valence-corrected chi connectivity index (χ0v) is 24.2. The molecule has 0 fully saturated rings. The number of ether oxygens (including phenoxy) is 2. The summed E-state index contributed by atoms with van der Waals surface area (Å²) in [5, 5.41) is 1.60. The molecule has 194 valence electrons. The highest BCUT2D eigenvalue weighted by molar-refractivity contribution is 7.66. The summed E-state index contributed by atoms with van der Waals surface area (Å²) in [6, 6.07) is 11.0. The molecule has 0 saturated carbocycles. The van der Waals surface area contributed by atoms with Crippen molar-refractivity contribution in [1.82, 2.24) is 0 Å². The van der Waals surface area contributed by atoms with Crippen LogP contribution in [0.3, 0.4) is 0 Å². The van der Waals surface area contributed by atoms with Gasteiger partial charge in [0, 0.05) is 11.4 Å². The second-order valence-corrected chi connectivity index (χ2v) is 11.2. The van der Waals surface area contributed by atoms with E-state index in [0.29, 0.717) is 46.4 Å². The van der Waals surface area contributed by atoms with Crippen LogP contribution in [0.25, 0.3) is 0 Å². The molecular weight excluding hydrogens is 498 g/mol. The van der Waals surface area contributed by atoms with Crippen LogP contribution < -0.4 is 14.8 Å². The molecule has 3 atom stereocenters. The maximum atomic E-state index is 13.1. The third-order valence-corrected chi connectivity index (χ3v) is 8.23. The molecule has 0 aromatic heterocycles. The van der Waals surface area contributed by atoms with Gasteiger partial charge in [-0.15, -0.1) is 0 Å². The Morgan fingerprint density at radius 2 is 1.43 bits per heavy atom. The third kappa shape index (κ3) is 9.95. The molecule has 0 heterocycles. The molecule has 6 heteroatoms. The third-order valence-electron chi connectivity index (χ3n) is 6.44. The van der Waals surface area contributed by atoms with Gasteiger partial charge in [-0.05, 0) is 57.5 Å². The van der Waals surface area contributed by atoms with Gasteiger partial charge < -0.3 is 9.47 Å². The Morgan fingerprint density at radius 1 is 0.857 bits per heavy atom. The zero-order chi connectivity index (χ0) is 25.6. The highest BCUT2D eigenvalue weighted by Crippen LogP contribution is 2.34. The van der Waals surface area contributed by atoms with Crippen molar-refractivity contribution in [2.75, 3.05) is 13.2 Å². The van der Waals surface area contributed by atoms with Gasteiger partial charge in [-0.3, -0.25) is 4.79 Å². The van der Waals surface area contributed by atoms with E-state index in [1.165, 1.54) is 32.1 Å². The van der Waals surface area contributed by atoms with Crippen LogP contribution in [-0.2, 0) is 0 Å². The van der Waals surface area contributed by atoms with Crippen molar-refractivity contribution in [1.29, 1.82) is 0 Å². The molecule has 2 rings (SSSR count). The van der Waals surface area contributed by atoms with E-state index < -0.39 is 0 Å². The van der Waals surface area contributed by atoms with E-state index in [9.17, 15) is 4.79 Å². The summed E-state index contributed by atoms with van der Waals surface area (Å²) in [4.78, 5) is 13.1. The molecule has 0 saturated heterocycles. The Kier molecular flexibility index (Phi) is 14.1. The Bertz CT molecular complexity index is 899. The zero-order valence-electron chi connectivity index (χ0n) is 21.7. The van der Waals surface area contributed by atoms with Gasteiger partial charge in [0.1, 0.15) is 11.5 Å². The van der Waals surface area contributed by atoms with E-state index >= 15 is 0 Å². The number of carbonyl (C=O) groups excluding carboxylic acids is 1. The summed E-state index contributed by atoms with van der Waals surface area (Å²) >= 11 is 12.6. The summed E-state index contributed by atoms with van der Waals surface area (Å²) in [7, 11) is -0.142. The lowest BCUT2D eigenvalue weighted by atomic mass is 10.0. The molecular formula is C29H41Cl2O3P. The Morgan fingerprint density at radius 3 is 1.97 bits per heavy atom. The Balaban J connectivity index is 2.22. The molecule has 0 radical (unpaired) electrons. The van der Waals surface area contributed by atoms with E-state index in [-0.39, 0.29) is 14.1 Å². The first-order chi connectivity index (χ1) is 16.9. The molecule has 0 amide bonds. The van der Waals surface area contributed by atoms with Gasteiger partial charge in [0.2, 0.25) is 0 Å². The fraction of sp³-hybridized carbons (Fsp3) is 0.552. The van der Waals surface area contributed by atoms with Crippen LogP contribution in [-0.4, -0.2) is 18.7 Å². The van der Waals surface area contributed by atoms with Crippen LogP contribution in [0.4, 0.5) is 0 Å². The molecule has 0 N–H and O–H groups in total. The van der Waals surface area contributed by atoms with E-state index in [1.54, 1.807) is 18.2 Å². The highest BCUT2D eigenvalue weighted by atomic mass is 35.5. The Hall–Kier alpha value is -1.28. The van der Waals surface area contributed by atoms with Gasteiger partial charge in [0.15, 0.2) is 5.52 Å². The van der Waals surface area contributed by atoms with Gasteiger partial charge in [0.05, 0.1) is 28.8 Å². The lowest BCUT2D eigenvalue weighted by Crippen LogP contribution is -2.16. The number of hydrogen-bond acceptors (Lipinski definition) is 3. The summed E-state index contributed by atoms with van der Waals surface area (Å²) in [5.74, 6) is 2.54. The smallest absolute Gasteiger partial charge is 0.188 e. The van der Waals surface area contributed by atoms with Crippen molar-refractivity contribution in [2.24, 2.45) is 11.8 Å². The minimum Gasteiger partial charge on any atom is -0.493 e. The van der Waals surface area contributed by atoms with Crippen LogP contribution in [0, 0.1) is 11.8 Å². The van der Waals surface area contributed by atoms with Crippen LogP contribution in [0.1, 0.15) is 89.4 Å². The van der Waals surface area contributed by atoms with Gasteiger partial charge in [-0.2, -0.15) is 0 Å². The van der Waals surface area contributed by atoms with E-state index in [4.69, 9.17) is 32.7 Å². The second kappa shape index (κ2) is 16.5. The molecule has 0 spiro atoms. The lowest BCUT2D eigenvalue weighted by molar-refractivity contribution is 0.108. The van der Waals surface area contributed by atoms with Crippen LogP contribution in [0.2, 0.25) is 10.0 Å². The summed E-state index contributed by atoms with van der Waals surface area (Å²) in [5.41, 5.74) is 0.277. The van der Waals surface area contributed by atoms with Crippen LogP contribution in [0.15, 0.2) is 36.4 Å². The molecule has 0 aliphatic heterocycles. The van der Waals surface area contributed by atoms with Crippen molar-refractivity contribution < 1.29 is 14.3 Å². The molecule has 2 aromatic carbocycles. The molecule has 0 aliphatic carbocycles. The molecule has 35 heavy (non-hydrogen) atoms. The molecule has 2 aromatic rings. The maximum Gasteiger partial charge on any atom is 0.188 e.